The molecule has 5 aromatic carbocycles. The summed E-state index contributed by atoms with van der Waals surface area (Å²) in [7, 11) is 0. The third kappa shape index (κ3) is 5.37. The average Bonchev–Trinajstić information content (AvgIpc) is 3.77. The molecule has 3 aromatic heterocycles. The van der Waals surface area contributed by atoms with E-state index in [0.29, 0.717) is 23.3 Å². The van der Waals surface area contributed by atoms with E-state index in [1.807, 2.05) is 146 Å². The SMILES string of the molecule is c1ccc(-c2ncccc(N(c3ccc(-c4nc5ccccc5o4)cc3)c3ccc4oc(-c5ccccc5)nc4c3)cco2)cc1. The van der Waals surface area contributed by atoms with Crippen molar-refractivity contribution in [3.05, 3.63) is 158 Å². The summed E-state index contributed by atoms with van der Waals surface area (Å²) in [6.07, 6.45) is 3.39. The van der Waals surface area contributed by atoms with Gasteiger partial charge in [0, 0.05) is 39.9 Å². The van der Waals surface area contributed by atoms with Gasteiger partial charge >= 0.3 is 0 Å². The third-order valence-corrected chi connectivity index (χ3v) is 7.56. The number of nitrogens with zero attached hydrogens (tertiary/aromatic N) is 4. The van der Waals surface area contributed by atoms with Crippen LogP contribution in [0.4, 0.5) is 17.1 Å². The zero-order valence-corrected chi connectivity index (χ0v) is 24.5. The van der Waals surface area contributed by atoms with Crippen molar-refractivity contribution in [1.29, 1.82) is 0 Å². The fraction of sp³-hybridized carbons (Fsp3) is 0. The topological polar surface area (TPSA) is 81.3 Å². The Bertz CT molecular complexity index is 2250. The standard InChI is InChI=1S/C39H26N4O3/c1-3-10-27(11-4-1)37-40-24-9-14-30(23-25-44-37)43(31-19-17-29(18-20-31)39-41-33-15-7-8-16-35(33)45-39)32-21-22-36-34(26-32)42-38(46-36)28-12-5-2-6-13-28/h1-26H. The summed E-state index contributed by atoms with van der Waals surface area (Å²) in [5.74, 6) is 1.65. The molecular formula is C39H26N4O3. The maximum Gasteiger partial charge on any atom is 0.227 e. The first kappa shape index (κ1) is 27.1. The first-order valence-corrected chi connectivity index (χ1v) is 14.8. The first-order chi connectivity index (χ1) is 22.8. The number of benzene rings is 5. The van der Waals surface area contributed by atoms with Gasteiger partial charge in [-0.2, -0.15) is 0 Å². The van der Waals surface area contributed by atoms with E-state index in [4.69, 9.17) is 18.2 Å². The molecule has 0 saturated heterocycles. The van der Waals surface area contributed by atoms with Crippen LogP contribution >= 0.6 is 0 Å². The lowest BCUT2D eigenvalue weighted by Crippen LogP contribution is -2.09. The van der Waals surface area contributed by atoms with Crippen LogP contribution in [0, 0.1) is 0 Å². The lowest BCUT2D eigenvalue weighted by molar-refractivity contribution is 0.553. The summed E-state index contributed by atoms with van der Waals surface area (Å²) in [6, 6.07) is 47.4. The molecule has 0 saturated carbocycles. The van der Waals surface area contributed by atoms with Crippen molar-refractivity contribution in [2.75, 3.05) is 4.90 Å². The average molecular weight is 599 g/mol. The second kappa shape index (κ2) is 11.9. The summed E-state index contributed by atoms with van der Waals surface area (Å²) in [5, 5.41) is 0. The van der Waals surface area contributed by atoms with E-state index < -0.39 is 0 Å². The van der Waals surface area contributed by atoms with E-state index >= 15 is 0 Å². The van der Waals surface area contributed by atoms with Crippen molar-refractivity contribution < 1.29 is 13.3 Å². The van der Waals surface area contributed by atoms with Gasteiger partial charge in [-0.05, 0) is 97.1 Å². The van der Waals surface area contributed by atoms with Crippen molar-refractivity contribution in [3.63, 3.8) is 0 Å². The van der Waals surface area contributed by atoms with Gasteiger partial charge in [-0.25, -0.2) is 15.0 Å². The highest BCUT2D eigenvalue weighted by Crippen LogP contribution is 2.37. The van der Waals surface area contributed by atoms with Gasteiger partial charge in [-0.15, -0.1) is 0 Å². The maximum atomic E-state index is 6.11. The molecule has 0 aliphatic heterocycles. The Balaban J connectivity index is 1.23. The minimum absolute atomic E-state index is 0.509. The van der Waals surface area contributed by atoms with E-state index in [1.54, 1.807) is 12.5 Å². The molecule has 7 heteroatoms. The molecule has 8 rings (SSSR count). The van der Waals surface area contributed by atoms with Crippen LogP contribution in [0.3, 0.4) is 0 Å². The molecule has 0 radical (unpaired) electrons. The monoisotopic (exact) mass is 598 g/mol. The lowest BCUT2D eigenvalue weighted by atomic mass is 10.1. The highest BCUT2D eigenvalue weighted by Gasteiger charge is 2.16. The predicted molar refractivity (Wildman–Crippen MR) is 180 cm³/mol. The predicted octanol–water partition coefficient (Wildman–Crippen LogP) is 10.6. The lowest BCUT2D eigenvalue weighted by Gasteiger charge is -2.24. The number of anilines is 3. The smallest absolute Gasteiger partial charge is 0.227 e. The maximum absolute atomic E-state index is 6.11. The third-order valence-electron chi connectivity index (χ3n) is 7.56. The minimum Gasteiger partial charge on any atom is -0.446 e. The number of para-hydroxylation sites is 2. The Hall–Kier alpha value is -6.47. The Labute approximate surface area is 264 Å². The molecular weight excluding hydrogens is 572 g/mol. The van der Waals surface area contributed by atoms with Crippen molar-refractivity contribution in [2.24, 2.45) is 0 Å². The van der Waals surface area contributed by atoms with E-state index in [1.165, 1.54) is 0 Å². The minimum atomic E-state index is 0.509. The van der Waals surface area contributed by atoms with Crippen molar-refractivity contribution >= 4 is 39.3 Å². The summed E-state index contributed by atoms with van der Waals surface area (Å²) >= 11 is 0. The van der Waals surface area contributed by atoms with Crippen LogP contribution in [0.2, 0.25) is 0 Å². The molecule has 0 unspecified atom stereocenters. The first-order valence-electron chi connectivity index (χ1n) is 14.8. The number of hydrogen-bond donors (Lipinski definition) is 0. The summed E-state index contributed by atoms with van der Waals surface area (Å²) in [6.45, 7) is 0. The summed E-state index contributed by atoms with van der Waals surface area (Å²) < 4.78 is 18.2. The molecule has 0 amide bonds. The highest BCUT2D eigenvalue weighted by atomic mass is 16.4. The molecule has 0 bridgehead atoms. The fourth-order valence-electron chi connectivity index (χ4n) is 5.33. The van der Waals surface area contributed by atoms with Crippen molar-refractivity contribution in [2.45, 2.75) is 0 Å². The number of aromatic nitrogens is 3. The van der Waals surface area contributed by atoms with Crippen molar-refractivity contribution in [3.8, 4) is 34.4 Å². The number of rotatable bonds is 6. The number of oxazole rings is 2. The van der Waals surface area contributed by atoms with E-state index in [-0.39, 0.29) is 0 Å². The summed E-state index contributed by atoms with van der Waals surface area (Å²) in [4.78, 5) is 16.2. The summed E-state index contributed by atoms with van der Waals surface area (Å²) in [5.41, 5.74) is 8.37. The van der Waals surface area contributed by atoms with Crippen LogP contribution in [0.15, 0.2) is 171 Å². The molecule has 220 valence electrons. The normalized spacial score (nSPS) is 11.0. The van der Waals surface area contributed by atoms with Crippen LogP contribution in [0.5, 0.6) is 0 Å². The molecule has 0 aliphatic carbocycles. The zero-order chi connectivity index (χ0) is 30.7. The second-order valence-corrected chi connectivity index (χ2v) is 10.6. The molecule has 0 aliphatic rings. The van der Waals surface area contributed by atoms with Crippen LogP contribution < -0.4 is 4.90 Å². The van der Waals surface area contributed by atoms with Gasteiger partial charge in [0.05, 0.1) is 6.26 Å². The molecule has 46 heavy (non-hydrogen) atoms. The molecule has 0 N–H and O–H groups in total. The van der Waals surface area contributed by atoms with Crippen LogP contribution in [0.1, 0.15) is 0 Å². The largest absolute Gasteiger partial charge is 0.446 e. The quantitative estimate of drug-likeness (QED) is 0.188. The van der Waals surface area contributed by atoms with E-state index in [2.05, 4.69) is 14.9 Å². The number of hydrogen-bond acceptors (Lipinski definition) is 7. The Morgan fingerprint density at radius 1 is 0.435 bits per heavy atom. The van der Waals surface area contributed by atoms with Gasteiger partial charge in [0.25, 0.3) is 0 Å². The molecule has 8 aromatic rings. The zero-order valence-electron chi connectivity index (χ0n) is 24.5. The van der Waals surface area contributed by atoms with Crippen LogP contribution in [0.25, 0.3) is 56.6 Å². The van der Waals surface area contributed by atoms with Gasteiger partial charge in [0.15, 0.2) is 11.2 Å². The van der Waals surface area contributed by atoms with Gasteiger partial charge in [-0.3, -0.25) is 0 Å². The van der Waals surface area contributed by atoms with Crippen molar-refractivity contribution in [1.82, 2.24) is 15.0 Å². The molecule has 0 spiro atoms. The van der Waals surface area contributed by atoms with Gasteiger partial charge in [0.2, 0.25) is 17.7 Å². The van der Waals surface area contributed by atoms with Crippen LogP contribution in [-0.2, 0) is 0 Å². The van der Waals surface area contributed by atoms with E-state index in [0.717, 1.165) is 50.4 Å². The number of fused-ring (bicyclic) bond motifs is 2. The molecule has 3 heterocycles. The molecule has 7 nitrogen and oxygen atoms in total. The van der Waals surface area contributed by atoms with E-state index in [9.17, 15) is 0 Å². The van der Waals surface area contributed by atoms with Gasteiger partial charge in [-0.1, -0.05) is 48.5 Å². The second-order valence-electron chi connectivity index (χ2n) is 10.6. The highest BCUT2D eigenvalue weighted by molar-refractivity contribution is 5.86. The van der Waals surface area contributed by atoms with Crippen LogP contribution in [-0.4, -0.2) is 15.0 Å². The molecule has 0 fully saturated rings. The van der Waals surface area contributed by atoms with Gasteiger partial charge in [0.1, 0.15) is 11.0 Å². The molecule has 0 atom stereocenters. The van der Waals surface area contributed by atoms with Gasteiger partial charge < -0.3 is 18.2 Å². The Kier molecular flexibility index (Phi) is 7.01. The Morgan fingerprint density at radius 2 is 1.02 bits per heavy atom. The fourth-order valence-corrected chi connectivity index (χ4v) is 5.33. The Morgan fingerprint density at radius 3 is 1.76 bits per heavy atom.